The third-order valence-corrected chi connectivity index (χ3v) is 5.13. The van der Waals surface area contributed by atoms with Gasteiger partial charge >= 0.3 is 0 Å². The zero-order valence-corrected chi connectivity index (χ0v) is 15.8. The Kier molecular flexibility index (Phi) is 6.04. The lowest BCUT2D eigenvalue weighted by Crippen LogP contribution is -3.06. The Morgan fingerprint density at radius 2 is 1.69 bits per heavy atom. The molecule has 5 heteroatoms. The second kappa shape index (κ2) is 8.65. The maximum absolute atomic E-state index is 12.5. The van der Waals surface area contributed by atoms with E-state index in [4.69, 9.17) is 4.74 Å². The molecule has 0 fully saturated rings. The zero-order valence-electron chi connectivity index (χ0n) is 14.9. The first kappa shape index (κ1) is 18.2. The molecule has 0 aliphatic heterocycles. The van der Waals surface area contributed by atoms with Crippen molar-refractivity contribution in [3.63, 3.8) is 0 Å². The zero-order chi connectivity index (χ0) is 18.4. The Balaban J connectivity index is 1.59. The smallest absolute Gasteiger partial charge is 0.251 e. The highest BCUT2D eigenvalue weighted by molar-refractivity contribution is 7.10. The van der Waals surface area contributed by atoms with E-state index in [-0.39, 0.29) is 11.9 Å². The summed E-state index contributed by atoms with van der Waals surface area (Å²) in [5, 5.41) is 5.11. The number of nitrogens with one attached hydrogen (secondary N) is 2. The number of thiophene rings is 1. The van der Waals surface area contributed by atoms with E-state index in [0.29, 0.717) is 17.9 Å². The molecule has 26 heavy (non-hydrogen) atoms. The number of hydrogen-bond acceptors (Lipinski definition) is 3. The quantitative estimate of drug-likeness (QED) is 0.674. The van der Waals surface area contributed by atoms with Crippen LogP contribution in [0.4, 0.5) is 0 Å². The van der Waals surface area contributed by atoms with Gasteiger partial charge in [-0.1, -0.05) is 24.3 Å². The number of quaternary nitrogens is 1. The molecule has 2 aromatic carbocycles. The van der Waals surface area contributed by atoms with E-state index in [1.165, 1.54) is 9.78 Å². The van der Waals surface area contributed by atoms with Gasteiger partial charge < -0.3 is 15.0 Å². The number of carbonyl (C=O) groups excluding carboxylic acids is 1. The van der Waals surface area contributed by atoms with Crippen LogP contribution in [-0.2, 0) is 0 Å². The van der Waals surface area contributed by atoms with Gasteiger partial charge in [-0.05, 0) is 47.8 Å². The molecule has 3 aromatic rings. The minimum Gasteiger partial charge on any atom is -0.457 e. The van der Waals surface area contributed by atoms with Gasteiger partial charge in [0.05, 0.1) is 25.5 Å². The monoisotopic (exact) mass is 367 g/mol. The third kappa shape index (κ3) is 4.71. The van der Waals surface area contributed by atoms with Gasteiger partial charge in [0.2, 0.25) is 0 Å². The predicted molar refractivity (Wildman–Crippen MR) is 105 cm³/mol. The normalized spacial score (nSPS) is 12.0. The molecule has 0 bridgehead atoms. The Bertz CT molecular complexity index is 815. The van der Waals surface area contributed by atoms with Crippen LogP contribution in [0.2, 0.25) is 0 Å². The fraction of sp³-hybridized carbons (Fsp3) is 0.190. The lowest BCUT2D eigenvalue weighted by atomic mass is 10.2. The summed E-state index contributed by atoms with van der Waals surface area (Å²) in [4.78, 5) is 15.0. The van der Waals surface area contributed by atoms with Crippen LogP contribution in [0.1, 0.15) is 21.3 Å². The first-order valence-corrected chi connectivity index (χ1v) is 9.46. The molecule has 0 saturated carbocycles. The van der Waals surface area contributed by atoms with Gasteiger partial charge in [-0.15, -0.1) is 11.3 Å². The fourth-order valence-electron chi connectivity index (χ4n) is 2.67. The average molecular weight is 367 g/mol. The Labute approximate surface area is 158 Å². The molecule has 4 nitrogen and oxygen atoms in total. The number of para-hydroxylation sites is 1. The molecule has 0 aliphatic carbocycles. The molecule has 1 amide bonds. The SMILES string of the molecule is C[NH+](C)[C@H](CNC(=O)c1ccc(Oc2ccccc2)cc1)c1cccs1. The van der Waals surface area contributed by atoms with Gasteiger partial charge in [-0.25, -0.2) is 0 Å². The molecular formula is C21H23N2O2S+. The fourth-order valence-corrected chi connectivity index (χ4v) is 3.63. The highest BCUT2D eigenvalue weighted by Crippen LogP contribution is 2.21. The summed E-state index contributed by atoms with van der Waals surface area (Å²) in [6.45, 7) is 0.601. The van der Waals surface area contributed by atoms with Crippen molar-refractivity contribution in [2.24, 2.45) is 0 Å². The summed E-state index contributed by atoms with van der Waals surface area (Å²) in [5.74, 6) is 1.42. The van der Waals surface area contributed by atoms with Crippen LogP contribution >= 0.6 is 11.3 Å². The maximum atomic E-state index is 12.5. The van der Waals surface area contributed by atoms with E-state index < -0.39 is 0 Å². The van der Waals surface area contributed by atoms with Crippen molar-refractivity contribution in [2.45, 2.75) is 6.04 Å². The number of hydrogen-bond donors (Lipinski definition) is 2. The van der Waals surface area contributed by atoms with Crippen molar-refractivity contribution >= 4 is 17.2 Å². The summed E-state index contributed by atoms with van der Waals surface area (Å²) in [6.07, 6.45) is 0. The first-order chi connectivity index (χ1) is 12.6. The minimum absolute atomic E-state index is 0.0703. The van der Waals surface area contributed by atoms with Crippen LogP contribution in [-0.4, -0.2) is 26.5 Å². The van der Waals surface area contributed by atoms with E-state index in [9.17, 15) is 4.79 Å². The molecule has 0 radical (unpaired) electrons. The number of amides is 1. The molecule has 0 saturated heterocycles. The number of benzene rings is 2. The Morgan fingerprint density at radius 3 is 2.31 bits per heavy atom. The largest absolute Gasteiger partial charge is 0.457 e. The molecular weight excluding hydrogens is 344 g/mol. The van der Waals surface area contributed by atoms with Gasteiger partial charge in [-0.2, -0.15) is 0 Å². The topological polar surface area (TPSA) is 42.8 Å². The lowest BCUT2D eigenvalue weighted by Gasteiger charge is -2.20. The van der Waals surface area contributed by atoms with E-state index >= 15 is 0 Å². The second-order valence-corrected chi connectivity index (χ2v) is 7.27. The molecule has 1 atom stereocenters. The van der Waals surface area contributed by atoms with Crippen LogP contribution in [0.25, 0.3) is 0 Å². The Hall–Kier alpha value is -2.63. The summed E-state index contributed by atoms with van der Waals surface area (Å²) >= 11 is 1.72. The van der Waals surface area contributed by atoms with E-state index in [0.717, 1.165) is 5.75 Å². The molecule has 1 heterocycles. The van der Waals surface area contributed by atoms with Crippen molar-refractivity contribution in [1.82, 2.24) is 5.32 Å². The molecule has 0 spiro atoms. The summed E-state index contributed by atoms with van der Waals surface area (Å²) < 4.78 is 5.76. The van der Waals surface area contributed by atoms with Gasteiger partial charge in [-0.3, -0.25) is 4.79 Å². The van der Waals surface area contributed by atoms with Crippen LogP contribution in [0.3, 0.4) is 0 Å². The van der Waals surface area contributed by atoms with E-state index in [1.54, 1.807) is 23.5 Å². The van der Waals surface area contributed by atoms with Crippen LogP contribution in [0, 0.1) is 0 Å². The number of carbonyl (C=O) groups is 1. The molecule has 3 rings (SSSR count). The van der Waals surface area contributed by atoms with Crippen molar-refractivity contribution in [3.05, 3.63) is 82.6 Å². The van der Waals surface area contributed by atoms with Crippen LogP contribution in [0.15, 0.2) is 72.1 Å². The highest BCUT2D eigenvalue weighted by atomic mass is 32.1. The van der Waals surface area contributed by atoms with Crippen LogP contribution in [0.5, 0.6) is 11.5 Å². The number of likely N-dealkylation sites (N-methyl/N-ethyl adjacent to an activating group) is 1. The maximum Gasteiger partial charge on any atom is 0.251 e. The van der Waals surface area contributed by atoms with Gasteiger partial charge in [0.25, 0.3) is 5.91 Å². The van der Waals surface area contributed by atoms with Crippen molar-refractivity contribution in [2.75, 3.05) is 20.6 Å². The standard InChI is InChI=1S/C21H22N2O2S/c1-23(2)19(20-9-6-14-26-20)15-22-21(24)16-10-12-18(13-11-16)25-17-7-4-3-5-8-17/h3-14,19H,15H2,1-2H3,(H,22,24)/p+1/t19-/m1/s1. The molecule has 2 N–H and O–H groups in total. The number of rotatable bonds is 7. The van der Waals surface area contributed by atoms with E-state index in [2.05, 4.69) is 30.9 Å². The molecule has 1 aromatic heterocycles. The van der Waals surface area contributed by atoms with Crippen molar-refractivity contribution < 1.29 is 14.4 Å². The van der Waals surface area contributed by atoms with Gasteiger partial charge in [0, 0.05) is 5.56 Å². The van der Waals surface area contributed by atoms with Crippen molar-refractivity contribution in [1.29, 1.82) is 0 Å². The molecule has 134 valence electrons. The highest BCUT2D eigenvalue weighted by Gasteiger charge is 2.20. The van der Waals surface area contributed by atoms with Gasteiger partial charge in [0.15, 0.2) is 0 Å². The lowest BCUT2D eigenvalue weighted by molar-refractivity contribution is -0.890. The summed E-state index contributed by atoms with van der Waals surface area (Å²) in [6, 6.07) is 21.2. The predicted octanol–water partition coefficient (Wildman–Crippen LogP) is 3.16. The summed E-state index contributed by atoms with van der Waals surface area (Å²) in [7, 11) is 4.21. The molecule has 0 aliphatic rings. The minimum atomic E-state index is -0.0703. The van der Waals surface area contributed by atoms with Crippen molar-refractivity contribution in [3.8, 4) is 11.5 Å². The second-order valence-electron chi connectivity index (χ2n) is 6.29. The summed E-state index contributed by atoms with van der Waals surface area (Å²) in [5.41, 5.74) is 0.629. The van der Waals surface area contributed by atoms with Gasteiger partial charge in [0.1, 0.15) is 17.5 Å². The third-order valence-electron chi connectivity index (χ3n) is 4.15. The Morgan fingerprint density at radius 1 is 1.00 bits per heavy atom. The van der Waals surface area contributed by atoms with E-state index in [1.807, 2.05) is 48.5 Å². The molecule has 0 unspecified atom stereocenters. The average Bonchev–Trinajstić information content (AvgIpc) is 3.17. The number of ether oxygens (including phenoxy) is 1. The van der Waals surface area contributed by atoms with Crippen LogP contribution < -0.4 is 15.0 Å². The first-order valence-electron chi connectivity index (χ1n) is 8.58.